The first-order valence-electron chi connectivity index (χ1n) is 3.86. The lowest BCUT2D eigenvalue weighted by Crippen LogP contribution is -2.13. The van der Waals surface area contributed by atoms with E-state index in [1.165, 1.54) is 12.0 Å². The molecule has 1 aliphatic heterocycles. The smallest absolute Gasteiger partial charge is 0.145 e. The zero-order chi connectivity index (χ0) is 8.55. The molecule has 4 heteroatoms. The number of anilines is 1. The standard InChI is InChI=1S/C8H8BrClN2/c9-6-4-5-2-1-3-11-8(5)12-7(6)10/h4H,1-3H2,(H,11,12). The van der Waals surface area contributed by atoms with Crippen molar-refractivity contribution in [3.8, 4) is 0 Å². The predicted octanol–water partition coefficient (Wildman–Crippen LogP) is 2.86. The summed E-state index contributed by atoms with van der Waals surface area (Å²) in [7, 11) is 0. The average molecular weight is 248 g/mol. The summed E-state index contributed by atoms with van der Waals surface area (Å²) in [5.41, 5.74) is 1.25. The highest BCUT2D eigenvalue weighted by atomic mass is 79.9. The molecular weight excluding hydrogens is 239 g/mol. The molecule has 2 heterocycles. The number of halogens is 2. The van der Waals surface area contributed by atoms with Crippen LogP contribution in [0.5, 0.6) is 0 Å². The van der Waals surface area contributed by atoms with Crippen molar-refractivity contribution in [2.24, 2.45) is 0 Å². The van der Waals surface area contributed by atoms with Crippen LogP contribution < -0.4 is 5.32 Å². The molecule has 0 bridgehead atoms. The van der Waals surface area contributed by atoms with Gasteiger partial charge in [-0.2, -0.15) is 0 Å². The summed E-state index contributed by atoms with van der Waals surface area (Å²) >= 11 is 9.20. The third kappa shape index (κ3) is 1.43. The molecule has 1 aliphatic rings. The summed E-state index contributed by atoms with van der Waals surface area (Å²) in [5.74, 6) is 0.939. The number of hydrogen-bond donors (Lipinski definition) is 1. The summed E-state index contributed by atoms with van der Waals surface area (Å²) < 4.78 is 0.881. The van der Waals surface area contributed by atoms with E-state index in [-0.39, 0.29) is 0 Å². The van der Waals surface area contributed by atoms with Gasteiger partial charge in [-0.25, -0.2) is 4.98 Å². The molecule has 0 atom stereocenters. The van der Waals surface area contributed by atoms with Gasteiger partial charge in [0.2, 0.25) is 0 Å². The van der Waals surface area contributed by atoms with Gasteiger partial charge in [0.05, 0.1) is 4.47 Å². The highest BCUT2D eigenvalue weighted by molar-refractivity contribution is 9.10. The van der Waals surface area contributed by atoms with Gasteiger partial charge in [-0.3, -0.25) is 0 Å². The normalized spacial score (nSPS) is 15.2. The van der Waals surface area contributed by atoms with E-state index in [4.69, 9.17) is 11.6 Å². The van der Waals surface area contributed by atoms with Crippen molar-refractivity contribution in [3.05, 3.63) is 21.3 Å². The number of aromatic nitrogens is 1. The Balaban J connectivity index is 2.49. The second-order valence-electron chi connectivity index (χ2n) is 2.80. The maximum atomic E-state index is 5.85. The first kappa shape index (κ1) is 8.32. The molecule has 1 aromatic heterocycles. The molecule has 0 aliphatic carbocycles. The number of pyridine rings is 1. The Kier molecular flexibility index (Phi) is 2.24. The summed E-state index contributed by atoms with van der Waals surface area (Å²) in [6.07, 6.45) is 2.26. The Morgan fingerprint density at radius 2 is 2.42 bits per heavy atom. The zero-order valence-electron chi connectivity index (χ0n) is 6.40. The molecule has 1 aromatic rings. The lowest BCUT2D eigenvalue weighted by Gasteiger charge is -2.16. The van der Waals surface area contributed by atoms with Crippen molar-refractivity contribution in [3.63, 3.8) is 0 Å². The minimum absolute atomic E-state index is 0.531. The SMILES string of the molecule is Clc1nc2c(cc1Br)CCCN2. The summed E-state index contributed by atoms with van der Waals surface area (Å²) in [5, 5.41) is 3.74. The number of nitrogens with one attached hydrogen (secondary N) is 1. The zero-order valence-corrected chi connectivity index (χ0v) is 8.74. The van der Waals surface area contributed by atoms with Gasteiger partial charge in [0.15, 0.2) is 0 Å². The van der Waals surface area contributed by atoms with Crippen LogP contribution >= 0.6 is 27.5 Å². The predicted molar refractivity (Wildman–Crippen MR) is 53.8 cm³/mol. The topological polar surface area (TPSA) is 24.9 Å². The van der Waals surface area contributed by atoms with Gasteiger partial charge in [0.25, 0.3) is 0 Å². The van der Waals surface area contributed by atoms with Crippen molar-refractivity contribution >= 4 is 33.3 Å². The summed E-state index contributed by atoms with van der Waals surface area (Å²) in [6, 6.07) is 2.04. The van der Waals surface area contributed by atoms with E-state index in [0.29, 0.717) is 5.15 Å². The van der Waals surface area contributed by atoms with Crippen LogP contribution in [0.1, 0.15) is 12.0 Å². The lowest BCUT2D eigenvalue weighted by atomic mass is 10.1. The molecule has 12 heavy (non-hydrogen) atoms. The monoisotopic (exact) mass is 246 g/mol. The number of rotatable bonds is 0. The van der Waals surface area contributed by atoms with Gasteiger partial charge >= 0.3 is 0 Å². The van der Waals surface area contributed by atoms with Crippen LogP contribution in [0.25, 0.3) is 0 Å². The van der Waals surface area contributed by atoms with Crippen LogP contribution in [0.3, 0.4) is 0 Å². The van der Waals surface area contributed by atoms with Gasteiger partial charge in [-0.15, -0.1) is 0 Å². The van der Waals surface area contributed by atoms with E-state index in [1.807, 2.05) is 6.07 Å². The molecule has 0 fully saturated rings. The summed E-state index contributed by atoms with van der Waals surface area (Å²) in [6.45, 7) is 0.998. The first-order valence-corrected chi connectivity index (χ1v) is 5.03. The Labute approximate surface area is 84.5 Å². The summed E-state index contributed by atoms with van der Waals surface area (Å²) in [4.78, 5) is 4.22. The lowest BCUT2D eigenvalue weighted by molar-refractivity contribution is 0.817. The Morgan fingerprint density at radius 3 is 3.25 bits per heavy atom. The minimum Gasteiger partial charge on any atom is -0.370 e. The fourth-order valence-corrected chi connectivity index (χ4v) is 1.84. The highest BCUT2D eigenvalue weighted by Gasteiger charge is 2.11. The molecule has 0 spiro atoms. The van der Waals surface area contributed by atoms with Crippen LogP contribution in [0.2, 0.25) is 5.15 Å². The van der Waals surface area contributed by atoms with E-state index in [0.717, 1.165) is 23.3 Å². The van der Waals surface area contributed by atoms with Gasteiger partial charge in [0, 0.05) is 6.54 Å². The van der Waals surface area contributed by atoms with Gasteiger partial charge in [0.1, 0.15) is 11.0 Å². The average Bonchev–Trinajstić information content (AvgIpc) is 2.07. The van der Waals surface area contributed by atoms with Crippen molar-refractivity contribution in [2.75, 3.05) is 11.9 Å². The van der Waals surface area contributed by atoms with Gasteiger partial charge in [-0.05, 0) is 40.4 Å². The number of nitrogens with zero attached hydrogens (tertiary/aromatic N) is 1. The maximum absolute atomic E-state index is 5.85. The Morgan fingerprint density at radius 1 is 1.58 bits per heavy atom. The molecule has 0 radical (unpaired) electrons. The minimum atomic E-state index is 0.531. The van der Waals surface area contributed by atoms with E-state index >= 15 is 0 Å². The largest absolute Gasteiger partial charge is 0.370 e. The molecular formula is C8H8BrClN2. The second kappa shape index (κ2) is 3.23. The van der Waals surface area contributed by atoms with E-state index in [1.54, 1.807) is 0 Å². The van der Waals surface area contributed by atoms with Crippen molar-refractivity contribution in [1.82, 2.24) is 4.98 Å². The number of aryl methyl sites for hydroxylation is 1. The molecule has 0 aromatic carbocycles. The van der Waals surface area contributed by atoms with Gasteiger partial charge in [-0.1, -0.05) is 11.6 Å². The first-order chi connectivity index (χ1) is 5.77. The Bertz CT molecular complexity index is 283. The maximum Gasteiger partial charge on any atom is 0.145 e. The molecule has 2 nitrogen and oxygen atoms in total. The molecule has 0 unspecified atom stereocenters. The van der Waals surface area contributed by atoms with Crippen LogP contribution in [-0.2, 0) is 6.42 Å². The van der Waals surface area contributed by atoms with Gasteiger partial charge < -0.3 is 5.32 Å². The quantitative estimate of drug-likeness (QED) is 0.713. The van der Waals surface area contributed by atoms with E-state index in [2.05, 4.69) is 26.2 Å². The van der Waals surface area contributed by atoms with Crippen LogP contribution in [0.15, 0.2) is 10.5 Å². The number of hydrogen-bond acceptors (Lipinski definition) is 2. The third-order valence-corrected chi connectivity index (χ3v) is 3.05. The second-order valence-corrected chi connectivity index (χ2v) is 4.01. The fourth-order valence-electron chi connectivity index (χ4n) is 1.33. The third-order valence-electron chi connectivity index (χ3n) is 1.93. The van der Waals surface area contributed by atoms with Crippen molar-refractivity contribution in [2.45, 2.75) is 12.8 Å². The fraction of sp³-hybridized carbons (Fsp3) is 0.375. The molecule has 64 valence electrons. The van der Waals surface area contributed by atoms with Crippen LogP contribution in [0, 0.1) is 0 Å². The van der Waals surface area contributed by atoms with Crippen molar-refractivity contribution < 1.29 is 0 Å². The molecule has 0 amide bonds. The molecule has 0 saturated heterocycles. The molecule has 2 rings (SSSR count). The van der Waals surface area contributed by atoms with Crippen LogP contribution in [-0.4, -0.2) is 11.5 Å². The molecule has 1 N–H and O–H groups in total. The number of fused-ring (bicyclic) bond motifs is 1. The molecule has 0 saturated carbocycles. The van der Waals surface area contributed by atoms with E-state index in [9.17, 15) is 0 Å². The highest BCUT2D eigenvalue weighted by Crippen LogP contribution is 2.28. The van der Waals surface area contributed by atoms with E-state index < -0.39 is 0 Å². The van der Waals surface area contributed by atoms with Crippen molar-refractivity contribution in [1.29, 1.82) is 0 Å². The Hall–Kier alpha value is -0.280. The van der Waals surface area contributed by atoms with Crippen LogP contribution in [0.4, 0.5) is 5.82 Å².